The lowest BCUT2D eigenvalue weighted by molar-refractivity contribution is -0.119. The van der Waals surface area contributed by atoms with E-state index in [1.54, 1.807) is 11.8 Å². The third-order valence-corrected chi connectivity index (χ3v) is 4.51. The van der Waals surface area contributed by atoms with Gasteiger partial charge in [0.2, 0.25) is 5.91 Å². The predicted octanol–water partition coefficient (Wildman–Crippen LogP) is 2.15. The van der Waals surface area contributed by atoms with Gasteiger partial charge < -0.3 is 10.4 Å². The molecule has 1 aliphatic rings. The molecule has 0 saturated carbocycles. The minimum Gasteiger partial charge on any atom is -0.394 e. The second kappa shape index (κ2) is 6.96. The van der Waals surface area contributed by atoms with Crippen LogP contribution in [-0.2, 0) is 17.6 Å². The van der Waals surface area contributed by atoms with Gasteiger partial charge in [-0.25, -0.2) is 0 Å². The Hall–Kier alpha value is -1.00. The first-order valence-corrected chi connectivity index (χ1v) is 7.86. The summed E-state index contributed by atoms with van der Waals surface area (Å²) in [6.07, 6.45) is 4.36. The first-order chi connectivity index (χ1) is 9.22. The Balaban J connectivity index is 1.83. The Bertz CT molecular complexity index is 444. The Morgan fingerprint density at radius 2 is 2.21 bits per heavy atom. The SMILES string of the molecule is CC[C@H](CO)NC(=O)CSc1ccc2c(c1)CCC2. The number of rotatable bonds is 6. The smallest absolute Gasteiger partial charge is 0.230 e. The molecule has 0 heterocycles. The molecule has 0 radical (unpaired) electrons. The van der Waals surface area contributed by atoms with Crippen LogP contribution in [0.2, 0.25) is 0 Å². The molecule has 0 fully saturated rings. The summed E-state index contributed by atoms with van der Waals surface area (Å²) in [5, 5.41) is 11.9. The van der Waals surface area contributed by atoms with Gasteiger partial charge in [-0.15, -0.1) is 11.8 Å². The van der Waals surface area contributed by atoms with Gasteiger partial charge in [0, 0.05) is 4.90 Å². The van der Waals surface area contributed by atoms with E-state index in [4.69, 9.17) is 5.11 Å². The molecule has 0 spiro atoms. The molecule has 1 aliphatic carbocycles. The standard InChI is InChI=1S/C15H21NO2S/c1-2-13(9-17)16-15(18)10-19-14-7-6-11-4-3-5-12(11)8-14/h6-8,13,17H,2-5,9-10H2,1H3,(H,16,18)/t13-/m1/s1. The van der Waals surface area contributed by atoms with Crippen LogP contribution in [0.3, 0.4) is 0 Å². The highest BCUT2D eigenvalue weighted by Gasteiger charge is 2.12. The average molecular weight is 279 g/mol. The number of fused-ring (bicyclic) bond motifs is 1. The highest BCUT2D eigenvalue weighted by molar-refractivity contribution is 8.00. The number of carbonyl (C=O) groups excluding carboxylic acids is 1. The maximum Gasteiger partial charge on any atom is 0.230 e. The number of nitrogens with one attached hydrogen (secondary N) is 1. The van der Waals surface area contributed by atoms with Gasteiger partial charge in [0.15, 0.2) is 0 Å². The predicted molar refractivity (Wildman–Crippen MR) is 78.5 cm³/mol. The second-order valence-corrected chi connectivity index (χ2v) is 5.98. The van der Waals surface area contributed by atoms with Crippen molar-refractivity contribution in [3.63, 3.8) is 0 Å². The largest absolute Gasteiger partial charge is 0.394 e. The number of amides is 1. The zero-order valence-electron chi connectivity index (χ0n) is 11.3. The van der Waals surface area contributed by atoms with E-state index in [-0.39, 0.29) is 18.6 Å². The molecule has 19 heavy (non-hydrogen) atoms. The number of carbonyl (C=O) groups is 1. The lowest BCUT2D eigenvalue weighted by Crippen LogP contribution is -2.37. The molecule has 1 aromatic rings. The quantitative estimate of drug-likeness (QED) is 0.785. The molecule has 2 rings (SSSR count). The molecule has 2 N–H and O–H groups in total. The fourth-order valence-corrected chi connectivity index (χ4v) is 3.10. The second-order valence-electron chi connectivity index (χ2n) is 4.93. The van der Waals surface area contributed by atoms with Gasteiger partial charge in [-0.1, -0.05) is 13.0 Å². The molecular weight excluding hydrogens is 258 g/mol. The van der Waals surface area contributed by atoms with Gasteiger partial charge in [-0.05, 0) is 48.9 Å². The average Bonchev–Trinajstić information content (AvgIpc) is 2.89. The lowest BCUT2D eigenvalue weighted by atomic mass is 10.1. The molecule has 4 heteroatoms. The van der Waals surface area contributed by atoms with E-state index < -0.39 is 0 Å². The topological polar surface area (TPSA) is 49.3 Å². The minimum absolute atomic E-state index is 0.00571. The van der Waals surface area contributed by atoms with Crippen molar-refractivity contribution in [2.24, 2.45) is 0 Å². The Morgan fingerprint density at radius 1 is 1.42 bits per heavy atom. The molecule has 1 atom stereocenters. The van der Waals surface area contributed by atoms with Crippen molar-refractivity contribution in [1.29, 1.82) is 0 Å². The third kappa shape index (κ3) is 3.98. The molecule has 1 amide bonds. The summed E-state index contributed by atoms with van der Waals surface area (Å²) in [7, 11) is 0. The summed E-state index contributed by atoms with van der Waals surface area (Å²) >= 11 is 1.56. The number of aliphatic hydroxyl groups excluding tert-OH is 1. The molecule has 0 aliphatic heterocycles. The first kappa shape index (κ1) is 14.4. The fraction of sp³-hybridized carbons (Fsp3) is 0.533. The minimum atomic E-state index is -0.117. The van der Waals surface area contributed by atoms with Gasteiger partial charge in [-0.2, -0.15) is 0 Å². The molecule has 0 saturated heterocycles. The highest BCUT2D eigenvalue weighted by atomic mass is 32.2. The maximum atomic E-state index is 11.7. The molecule has 0 bridgehead atoms. The maximum absolute atomic E-state index is 11.7. The normalized spacial score (nSPS) is 15.1. The Labute approximate surface area is 118 Å². The van der Waals surface area contributed by atoms with E-state index in [9.17, 15) is 4.79 Å². The molecular formula is C15H21NO2S. The third-order valence-electron chi connectivity index (χ3n) is 3.52. The summed E-state index contributed by atoms with van der Waals surface area (Å²) < 4.78 is 0. The Morgan fingerprint density at radius 3 is 2.95 bits per heavy atom. The van der Waals surface area contributed by atoms with Crippen LogP contribution >= 0.6 is 11.8 Å². The zero-order valence-corrected chi connectivity index (χ0v) is 12.1. The van der Waals surface area contributed by atoms with Gasteiger partial charge in [-0.3, -0.25) is 4.79 Å². The summed E-state index contributed by atoms with van der Waals surface area (Å²) in [4.78, 5) is 12.9. The number of hydrogen-bond acceptors (Lipinski definition) is 3. The first-order valence-electron chi connectivity index (χ1n) is 6.87. The number of thioether (sulfide) groups is 1. The van der Waals surface area contributed by atoms with Crippen molar-refractivity contribution in [1.82, 2.24) is 5.32 Å². The van der Waals surface area contributed by atoms with Crippen LogP contribution in [0.15, 0.2) is 23.1 Å². The molecule has 1 aromatic carbocycles. The van der Waals surface area contributed by atoms with Crippen LogP contribution in [0.4, 0.5) is 0 Å². The van der Waals surface area contributed by atoms with Crippen LogP contribution in [0.25, 0.3) is 0 Å². The molecule has 0 aromatic heterocycles. The van der Waals surface area contributed by atoms with E-state index in [1.165, 1.54) is 30.4 Å². The van der Waals surface area contributed by atoms with Crippen molar-refractivity contribution in [2.45, 2.75) is 43.5 Å². The van der Waals surface area contributed by atoms with Crippen molar-refractivity contribution in [3.05, 3.63) is 29.3 Å². The number of hydrogen-bond donors (Lipinski definition) is 2. The van der Waals surface area contributed by atoms with E-state index in [0.717, 1.165) is 11.3 Å². The summed E-state index contributed by atoms with van der Waals surface area (Å²) in [6.45, 7) is 1.96. The van der Waals surface area contributed by atoms with Crippen molar-refractivity contribution in [2.75, 3.05) is 12.4 Å². The van der Waals surface area contributed by atoms with Crippen LogP contribution < -0.4 is 5.32 Å². The number of aryl methyl sites for hydroxylation is 2. The van der Waals surface area contributed by atoms with Crippen LogP contribution in [-0.4, -0.2) is 29.4 Å². The van der Waals surface area contributed by atoms with Crippen LogP contribution in [0.5, 0.6) is 0 Å². The summed E-state index contributed by atoms with van der Waals surface area (Å²) in [5.41, 5.74) is 2.90. The van der Waals surface area contributed by atoms with Gasteiger partial charge in [0.1, 0.15) is 0 Å². The Kier molecular flexibility index (Phi) is 5.28. The van der Waals surface area contributed by atoms with E-state index >= 15 is 0 Å². The summed E-state index contributed by atoms with van der Waals surface area (Å²) in [6, 6.07) is 6.38. The van der Waals surface area contributed by atoms with Crippen molar-refractivity contribution in [3.8, 4) is 0 Å². The fourth-order valence-electron chi connectivity index (χ4n) is 2.33. The highest BCUT2D eigenvalue weighted by Crippen LogP contribution is 2.27. The van der Waals surface area contributed by atoms with Crippen LogP contribution in [0, 0.1) is 0 Å². The van der Waals surface area contributed by atoms with Gasteiger partial charge >= 0.3 is 0 Å². The van der Waals surface area contributed by atoms with E-state index in [2.05, 4.69) is 23.5 Å². The number of aliphatic hydroxyl groups is 1. The van der Waals surface area contributed by atoms with E-state index in [1.807, 2.05) is 6.92 Å². The monoisotopic (exact) mass is 279 g/mol. The van der Waals surface area contributed by atoms with Crippen LogP contribution in [0.1, 0.15) is 30.9 Å². The van der Waals surface area contributed by atoms with Crippen molar-refractivity contribution < 1.29 is 9.90 Å². The molecule has 0 unspecified atom stereocenters. The number of benzene rings is 1. The zero-order chi connectivity index (χ0) is 13.7. The van der Waals surface area contributed by atoms with Gasteiger partial charge in [0.25, 0.3) is 0 Å². The summed E-state index contributed by atoms with van der Waals surface area (Å²) in [5.74, 6) is 0.404. The van der Waals surface area contributed by atoms with Gasteiger partial charge in [0.05, 0.1) is 18.4 Å². The molecule has 3 nitrogen and oxygen atoms in total. The van der Waals surface area contributed by atoms with Crippen molar-refractivity contribution >= 4 is 17.7 Å². The van der Waals surface area contributed by atoms with E-state index in [0.29, 0.717) is 5.75 Å². The lowest BCUT2D eigenvalue weighted by Gasteiger charge is -2.13. The molecule has 104 valence electrons.